The van der Waals surface area contributed by atoms with E-state index in [1.54, 1.807) is 0 Å². The Morgan fingerprint density at radius 2 is 2.26 bits per heavy atom. The standard InChI is InChI=1S/C14H25N5/c1-4-6-13-16-12(15)9-14(17-13)19(3)10-11-7-5-8-18(11)2/h9,11H,4-8,10H2,1-3H3,(H2,15,16,17). The van der Waals surface area contributed by atoms with Gasteiger partial charge in [-0.05, 0) is 32.9 Å². The summed E-state index contributed by atoms with van der Waals surface area (Å²) in [5, 5.41) is 0. The topological polar surface area (TPSA) is 58.3 Å². The number of likely N-dealkylation sites (N-methyl/N-ethyl adjacent to an activating group) is 2. The third-order valence-electron chi connectivity index (χ3n) is 3.80. The summed E-state index contributed by atoms with van der Waals surface area (Å²) < 4.78 is 0. The molecule has 5 heteroatoms. The molecule has 0 amide bonds. The fraction of sp³-hybridized carbons (Fsp3) is 0.714. The average molecular weight is 263 g/mol. The highest BCUT2D eigenvalue weighted by atomic mass is 15.2. The van der Waals surface area contributed by atoms with Gasteiger partial charge in [0.05, 0.1) is 0 Å². The van der Waals surface area contributed by atoms with Crippen LogP contribution < -0.4 is 10.6 Å². The number of anilines is 2. The first-order valence-corrected chi connectivity index (χ1v) is 7.15. The Labute approximate surface area is 115 Å². The highest BCUT2D eigenvalue weighted by molar-refractivity contribution is 5.46. The lowest BCUT2D eigenvalue weighted by Gasteiger charge is -2.26. The van der Waals surface area contributed by atoms with Gasteiger partial charge in [-0.25, -0.2) is 9.97 Å². The molecule has 1 aliphatic heterocycles. The molecule has 2 heterocycles. The molecule has 5 nitrogen and oxygen atoms in total. The molecule has 2 rings (SSSR count). The van der Waals surface area contributed by atoms with E-state index in [1.807, 2.05) is 6.07 Å². The maximum absolute atomic E-state index is 5.87. The van der Waals surface area contributed by atoms with Gasteiger partial charge in [-0.2, -0.15) is 0 Å². The van der Waals surface area contributed by atoms with Gasteiger partial charge >= 0.3 is 0 Å². The van der Waals surface area contributed by atoms with Crippen LogP contribution in [0.3, 0.4) is 0 Å². The molecule has 1 atom stereocenters. The molecule has 1 fully saturated rings. The molecule has 0 bridgehead atoms. The molecule has 0 radical (unpaired) electrons. The van der Waals surface area contributed by atoms with Crippen LogP contribution in [-0.2, 0) is 6.42 Å². The predicted octanol–water partition coefficient (Wildman–Crippen LogP) is 1.54. The van der Waals surface area contributed by atoms with Crippen molar-refractivity contribution in [1.29, 1.82) is 0 Å². The summed E-state index contributed by atoms with van der Waals surface area (Å²) >= 11 is 0. The van der Waals surface area contributed by atoms with Gasteiger partial charge < -0.3 is 15.5 Å². The molecule has 1 saturated heterocycles. The molecule has 0 saturated carbocycles. The van der Waals surface area contributed by atoms with Gasteiger partial charge in [-0.1, -0.05) is 6.92 Å². The summed E-state index contributed by atoms with van der Waals surface area (Å²) in [6, 6.07) is 2.49. The average Bonchev–Trinajstić information content (AvgIpc) is 2.75. The van der Waals surface area contributed by atoms with E-state index in [0.717, 1.165) is 31.0 Å². The van der Waals surface area contributed by atoms with Gasteiger partial charge in [0.15, 0.2) is 0 Å². The van der Waals surface area contributed by atoms with Crippen molar-refractivity contribution in [2.75, 3.05) is 37.8 Å². The van der Waals surface area contributed by atoms with Gasteiger partial charge in [0.25, 0.3) is 0 Å². The van der Waals surface area contributed by atoms with Gasteiger partial charge in [0.1, 0.15) is 17.5 Å². The zero-order valence-corrected chi connectivity index (χ0v) is 12.3. The molecular weight excluding hydrogens is 238 g/mol. The normalized spacial score (nSPS) is 19.8. The van der Waals surface area contributed by atoms with Crippen molar-refractivity contribution in [3.05, 3.63) is 11.9 Å². The van der Waals surface area contributed by atoms with E-state index in [0.29, 0.717) is 11.9 Å². The molecule has 0 aromatic carbocycles. The lowest BCUT2D eigenvalue weighted by molar-refractivity contribution is 0.314. The zero-order valence-electron chi connectivity index (χ0n) is 12.3. The van der Waals surface area contributed by atoms with Gasteiger partial charge in [-0.15, -0.1) is 0 Å². The van der Waals surface area contributed by atoms with E-state index < -0.39 is 0 Å². The monoisotopic (exact) mass is 263 g/mol. The van der Waals surface area contributed by atoms with E-state index in [4.69, 9.17) is 5.73 Å². The van der Waals surface area contributed by atoms with Crippen molar-refractivity contribution in [1.82, 2.24) is 14.9 Å². The fourth-order valence-corrected chi connectivity index (χ4v) is 2.65. The summed E-state index contributed by atoms with van der Waals surface area (Å²) in [5.41, 5.74) is 5.87. The fourth-order valence-electron chi connectivity index (χ4n) is 2.65. The largest absolute Gasteiger partial charge is 0.384 e. The van der Waals surface area contributed by atoms with Crippen LogP contribution in [0.25, 0.3) is 0 Å². The first-order chi connectivity index (χ1) is 9.10. The molecule has 1 aromatic rings. The molecule has 1 aliphatic rings. The zero-order chi connectivity index (χ0) is 13.8. The third kappa shape index (κ3) is 3.56. The minimum atomic E-state index is 0.570. The van der Waals surface area contributed by atoms with Crippen molar-refractivity contribution in [3.8, 4) is 0 Å². The summed E-state index contributed by atoms with van der Waals surface area (Å²) in [5.74, 6) is 2.36. The van der Waals surface area contributed by atoms with Crippen LogP contribution in [0.2, 0.25) is 0 Å². The molecular formula is C14H25N5. The molecule has 0 spiro atoms. The van der Waals surface area contributed by atoms with Crippen LogP contribution in [0.4, 0.5) is 11.6 Å². The van der Waals surface area contributed by atoms with Gasteiger partial charge in [0, 0.05) is 32.1 Å². The number of aryl methyl sites for hydroxylation is 1. The minimum Gasteiger partial charge on any atom is -0.384 e. The maximum atomic E-state index is 5.87. The second-order valence-electron chi connectivity index (χ2n) is 5.47. The maximum Gasteiger partial charge on any atom is 0.134 e. The summed E-state index contributed by atoms with van der Waals surface area (Å²) in [7, 11) is 4.28. The number of nitrogen functional groups attached to an aromatic ring is 1. The Bertz CT molecular complexity index is 420. The molecule has 1 aromatic heterocycles. The Morgan fingerprint density at radius 1 is 1.47 bits per heavy atom. The van der Waals surface area contributed by atoms with E-state index in [1.165, 1.54) is 19.4 Å². The summed E-state index contributed by atoms with van der Waals surface area (Å²) in [6.07, 6.45) is 4.48. The van der Waals surface area contributed by atoms with E-state index in [2.05, 4.69) is 40.8 Å². The highest BCUT2D eigenvalue weighted by Crippen LogP contribution is 2.19. The van der Waals surface area contributed by atoms with Crippen LogP contribution in [0.5, 0.6) is 0 Å². The van der Waals surface area contributed by atoms with E-state index in [9.17, 15) is 0 Å². The number of aromatic nitrogens is 2. The van der Waals surface area contributed by atoms with Crippen molar-refractivity contribution in [3.63, 3.8) is 0 Å². The number of hydrogen-bond acceptors (Lipinski definition) is 5. The van der Waals surface area contributed by atoms with Crippen LogP contribution in [-0.4, -0.2) is 48.1 Å². The first-order valence-electron chi connectivity index (χ1n) is 7.15. The molecule has 106 valence electrons. The van der Waals surface area contributed by atoms with Crippen molar-refractivity contribution >= 4 is 11.6 Å². The number of likely N-dealkylation sites (tertiary alicyclic amines) is 1. The summed E-state index contributed by atoms with van der Waals surface area (Å²) in [4.78, 5) is 13.5. The molecule has 0 aliphatic carbocycles. The minimum absolute atomic E-state index is 0.570. The first kappa shape index (κ1) is 14.1. The smallest absolute Gasteiger partial charge is 0.134 e. The van der Waals surface area contributed by atoms with E-state index >= 15 is 0 Å². The highest BCUT2D eigenvalue weighted by Gasteiger charge is 2.22. The molecule has 2 N–H and O–H groups in total. The second kappa shape index (κ2) is 6.19. The number of nitrogens with two attached hydrogens (primary N) is 1. The van der Waals surface area contributed by atoms with Crippen LogP contribution in [0.15, 0.2) is 6.07 Å². The number of rotatable bonds is 5. The molecule has 1 unspecified atom stereocenters. The van der Waals surface area contributed by atoms with Crippen molar-refractivity contribution in [2.45, 2.75) is 38.6 Å². The predicted molar refractivity (Wildman–Crippen MR) is 79.4 cm³/mol. The third-order valence-corrected chi connectivity index (χ3v) is 3.80. The van der Waals surface area contributed by atoms with Gasteiger partial charge in [-0.3, -0.25) is 0 Å². The lowest BCUT2D eigenvalue weighted by Crippen LogP contribution is -2.37. The van der Waals surface area contributed by atoms with E-state index in [-0.39, 0.29) is 0 Å². The van der Waals surface area contributed by atoms with Crippen LogP contribution in [0, 0.1) is 0 Å². The molecule has 19 heavy (non-hydrogen) atoms. The van der Waals surface area contributed by atoms with Crippen molar-refractivity contribution < 1.29 is 0 Å². The van der Waals surface area contributed by atoms with Gasteiger partial charge in [0.2, 0.25) is 0 Å². The Hall–Kier alpha value is -1.36. The SMILES string of the molecule is CCCc1nc(N)cc(N(C)CC2CCCN2C)n1. The Balaban J connectivity index is 2.07. The number of nitrogens with zero attached hydrogens (tertiary/aromatic N) is 4. The Kier molecular flexibility index (Phi) is 4.58. The lowest BCUT2D eigenvalue weighted by atomic mass is 10.2. The van der Waals surface area contributed by atoms with Crippen molar-refractivity contribution in [2.24, 2.45) is 0 Å². The second-order valence-corrected chi connectivity index (χ2v) is 5.47. The quantitative estimate of drug-likeness (QED) is 0.873. The van der Waals surface area contributed by atoms with Crippen LogP contribution >= 0.6 is 0 Å². The summed E-state index contributed by atoms with van der Waals surface area (Å²) in [6.45, 7) is 4.33. The van der Waals surface area contributed by atoms with Crippen LogP contribution in [0.1, 0.15) is 32.0 Å². The Morgan fingerprint density at radius 3 is 2.89 bits per heavy atom. The number of hydrogen-bond donors (Lipinski definition) is 1.